The van der Waals surface area contributed by atoms with Crippen LogP contribution in [0.25, 0.3) is 5.69 Å². The van der Waals surface area contributed by atoms with E-state index in [0.717, 1.165) is 23.0 Å². The number of nitrogens with two attached hydrogens (primary N) is 1. The molecule has 0 saturated heterocycles. The Kier molecular flexibility index (Phi) is 4.94. The predicted octanol–water partition coefficient (Wildman–Crippen LogP) is 1.88. The monoisotopic (exact) mass is 348 g/mol. The number of amides is 1. The molecule has 0 radical (unpaired) electrons. The van der Waals surface area contributed by atoms with E-state index in [4.69, 9.17) is 15.2 Å². The number of ether oxygens (including phenoxy) is 2. The van der Waals surface area contributed by atoms with Crippen molar-refractivity contribution in [3.05, 3.63) is 29.8 Å². The van der Waals surface area contributed by atoms with Crippen molar-refractivity contribution >= 4 is 17.7 Å². The third-order valence-corrected chi connectivity index (χ3v) is 4.60. The van der Waals surface area contributed by atoms with Gasteiger partial charge >= 0.3 is 0 Å². The van der Waals surface area contributed by atoms with E-state index in [0.29, 0.717) is 24.8 Å². The summed E-state index contributed by atoms with van der Waals surface area (Å²) in [4.78, 5) is 15.7. The molecule has 1 aliphatic heterocycles. The molecule has 1 aromatic carbocycles. The van der Waals surface area contributed by atoms with E-state index in [2.05, 4.69) is 23.9 Å². The van der Waals surface area contributed by atoms with E-state index >= 15 is 0 Å². The smallest absolute Gasteiger partial charge is 0.225 e. The molecule has 24 heavy (non-hydrogen) atoms. The first-order valence-electron chi connectivity index (χ1n) is 7.84. The largest absolute Gasteiger partial charge is 0.486 e. The number of hydrogen-bond donors (Lipinski definition) is 1. The number of fused-ring (bicyclic) bond motifs is 1. The highest BCUT2D eigenvalue weighted by molar-refractivity contribution is 7.99. The van der Waals surface area contributed by atoms with Gasteiger partial charge in [0.25, 0.3) is 0 Å². The first kappa shape index (κ1) is 16.6. The van der Waals surface area contributed by atoms with Crippen LogP contribution in [0, 0.1) is 0 Å². The molecule has 1 atom stereocenters. The average molecular weight is 348 g/mol. The molecular weight excluding hydrogens is 328 g/mol. The van der Waals surface area contributed by atoms with Crippen LogP contribution in [0.1, 0.15) is 30.7 Å². The van der Waals surface area contributed by atoms with Gasteiger partial charge in [-0.1, -0.05) is 6.92 Å². The van der Waals surface area contributed by atoms with Gasteiger partial charge in [0, 0.05) is 6.07 Å². The summed E-state index contributed by atoms with van der Waals surface area (Å²) in [5.41, 5.74) is 6.10. The lowest BCUT2D eigenvalue weighted by molar-refractivity contribution is -0.117. The van der Waals surface area contributed by atoms with Crippen LogP contribution in [0.4, 0.5) is 0 Å². The van der Waals surface area contributed by atoms with E-state index in [9.17, 15) is 4.79 Å². The van der Waals surface area contributed by atoms with Gasteiger partial charge in [-0.3, -0.25) is 4.79 Å². The number of primary amides is 1. The Morgan fingerprint density at radius 2 is 2.12 bits per heavy atom. The molecule has 0 spiro atoms. The van der Waals surface area contributed by atoms with E-state index in [1.54, 1.807) is 16.4 Å². The van der Waals surface area contributed by atoms with Crippen LogP contribution in [0.2, 0.25) is 0 Å². The van der Waals surface area contributed by atoms with Crippen LogP contribution in [-0.4, -0.2) is 39.6 Å². The normalized spacial score (nSPS) is 14.4. The summed E-state index contributed by atoms with van der Waals surface area (Å²) >= 11 is 1.76. The van der Waals surface area contributed by atoms with Crippen molar-refractivity contribution in [3.63, 3.8) is 0 Å². The number of benzene rings is 1. The number of aromatic nitrogens is 3. The molecule has 2 aromatic rings. The maximum absolute atomic E-state index is 11.2. The zero-order chi connectivity index (χ0) is 17.1. The number of rotatable bonds is 6. The third-order valence-electron chi connectivity index (χ3n) is 3.56. The minimum Gasteiger partial charge on any atom is -0.486 e. The maximum atomic E-state index is 11.2. The Hall–Kier alpha value is -2.22. The molecule has 8 heteroatoms. The second-order valence-electron chi connectivity index (χ2n) is 5.37. The van der Waals surface area contributed by atoms with Crippen LogP contribution in [0.3, 0.4) is 0 Å². The number of carbonyl (C=O) groups is 1. The van der Waals surface area contributed by atoms with Gasteiger partial charge in [-0.15, -0.1) is 0 Å². The topological polar surface area (TPSA) is 92.3 Å². The molecule has 0 fully saturated rings. The van der Waals surface area contributed by atoms with E-state index < -0.39 is 5.91 Å². The van der Waals surface area contributed by atoms with Crippen molar-refractivity contribution in [2.45, 2.75) is 25.5 Å². The molecule has 128 valence electrons. The summed E-state index contributed by atoms with van der Waals surface area (Å²) in [5, 5.41) is 4.60. The molecule has 7 nitrogen and oxygen atoms in total. The van der Waals surface area contributed by atoms with Crippen LogP contribution in [-0.2, 0) is 11.2 Å². The fraction of sp³-hybridized carbons (Fsp3) is 0.438. The van der Waals surface area contributed by atoms with Gasteiger partial charge in [0.1, 0.15) is 19.0 Å². The number of thioether (sulfide) groups is 1. The summed E-state index contributed by atoms with van der Waals surface area (Å²) in [5.74, 6) is 3.13. The lowest BCUT2D eigenvalue weighted by atomic mass is 10.2. The second kappa shape index (κ2) is 7.12. The molecule has 0 bridgehead atoms. The zero-order valence-corrected chi connectivity index (χ0v) is 14.5. The van der Waals surface area contributed by atoms with Crippen molar-refractivity contribution in [1.29, 1.82) is 0 Å². The van der Waals surface area contributed by atoms with Gasteiger partial charge in [-0.05, 0) is 24.8 Å². The zero-order valence-electron chi connectivity index (χ0n) is 13.7. The molecule has 1 unspecified atom stereocenters. The molecule has 1 amide bonds. The number of carbonyl (C=O) groups excluding carboxylic acids is 1. The molecule has 1 aromatic heterocycles. The molecule has 2 N–H and O–H groups in total. The summed E-state index contributed by atoms with van der Waals surface area (Å²) < 4.78 is 12.9. The highest BCUT2D eigenvalue weighted by atomic mass is 32.2. The van der Waals surface area contributed by atoms with E-state index in [-0.39, 0.29) is 11.7 Å². The fourth-order valence-corrected chi connectivity index (χ4v) is 3.34. The van der Waals surface area contributed by atoms with Crippen molar-refractivity contribution in [2.75, 3.05) is 19.0 Å². The first-order valence-corrected chi connectivity index (χ1v) is 8.89. The second-order valence-corrected chi connectivity index (χ2v) is 6.98. The highest BCUT2D eigenvalue weighted by Gasteiger charge is 2.20. The highest BCUT2D eigenvalue weighted by Crippen LogP contribution is 2.34. The predicted molar refractivity (Wildman–Crippen MR) is 91.8 cm³/mol. The minimum atomic E-state index is -0.448. The van der Waals surface area contributed by atoms with Crippen molar-refractivity contribution in [1.82, 2.24) is 14.8 Å². The van der Waals surface area contributed by atoms with E-state index in [1.165, 1.54) is 0 Å². The van der Waals surface area contributed by atoms with Gasteiger partial charge in [0.05, 0.1) is 17.4 Å². The van der Waals surface area contributed by atoms with Crippen molar-refractivity contribution < 1.29 is 14.3 Å². The van der Waals surface area contributed by atoms with Gasteiger partial charge in [-0.25, -0.2) is 9.67 Å². The van der Waals surface area contributed by atoms with Gasteiger partial charge < -0.3 is 15.2 Å². The Morgan fingerprint density at radius 3 is 2.83 bits per heavy atom. The quantitative estimate of drug-likeness (QED) is 0.857. The Labute approximate surface area is 144 Å². The Bertz CT molecular complexity index is 747. The molecule has 0 aliphatic carbocycles. The van der Waals surface area contributed by atoms with Crippen LogP contribution in [0.5, 0.6) is 11.5 Å². The number of hydrogen-bond acceptors (Lipinski definition) is 6. The van der Waals surface area contributed by atoms with Crippen molar-refractivity contribution in [2.24, 2.45) is 5.73 Å². The molecule has 3 rings (SSSR count). The number of nitrogens with zero attached hydrogens (tertiary/aromatic N) is 3. The molecule has 2 heterocycles. The molecule has 0 saturated carbocycles. The average Bonchev–Trinajstić information content (AvgIpc) is 2.98. The lowest BCUT2D eigenvalue weighted by Crippen LogP contribution is -2.16. The summed E-state index contributed by atoms with van der Waals surface area (Å²) in [7, 11) is 0. The van der Waals surface area contributed by atoms with Crippen molar-refractivity contribution in [3.8, 4) is 17.2 Å². The van der Waals surface area contributed by atoms with Crippen LogP contribution in [0.15, 0.2) is 18.2 Å². The third kappa shape index (κ3) is 3.48. The Morgan fingerprint density at radius 1 is 1.38 bits per heavy atom. The van der Waals surface area contributed by atoms with E-state index in [1.807, 2.05) is 18.2 Å². The molecular formula is C16H20N4O3S. The lowest BCUT2D eigenvalue weighted by Gasteiger charge is -2.19. The van der Waals surface area contributed by atoms with Gasteiger partial charge in [0.2, 0.25) is 5.91 Å². The molecule has 1 aliphatic rings. The summed E-state index contributed by atoms with van der Waals surface area (Å²) in [6, 6.07) is 5.65. The summed E-state index contributed by atoms with van der Waals surface area (Å²) in [6.45, 7) is 5.24. The first-order chi connectivity index (χ1) is 11.6. The Balaban J connectivity index is 2.01. The minimum absolute atomic E-state index is 0.0219. The van der Waals surface area contributed by atoms with Gasteiger partial charge in [0.15, 0.2) is 17.3 Å². The summed E-state index contributed by atoms with van der Waals surface area (Å²) in [6.07, 6.45) is 0.0219. The van der Waals surface area contributed by atoms with Gasteiger partial charge in [-0.2, -0.15) is 16.9 Å². The maximum Gasteiger partial charge on any atom is 0.225 e. The standard InChI is InChI=1S/C16H20N4O3S/c1-3-24-10(2)16-18-15(9-14(17)21)19-20(16)11-4-5-12-13(8-11)23-7-6-22-12/h4-5,8,10H,3,6-7,9H2,1-2H3,(H2,17,21). The SMILES string of the molecule is CCSC(C)c1nc(CC(N)=O)nn1-c1ccc2c(c1)OCCO2. The fourth-order valence-electron chi connectivity index (χ4n) is 2.54. The van der Waals surface area contributed by atoms with Crippen LogP contribution >= 0.6 is 11.8 Å². The van der Waals surface area contributed by atoms with Crippen LogP contribution < -0.4 is 15.2 Å².